The molecule has 100 valence electrons. The van der Waals surface area contributed by atoms with Crippen molar-refractivity contribution in [3.05, 3.63) is 45.4 Å². The first kappa shape index (κ1) is 12.8. The molecule has 1 aromatic carbocycles. The van der Waals surface area contributed by atoms with Gasteiger partial charge in [-0.3, -0.25) is 0 Å². The van der Waals surface area contributed by atoms with E-state index in [0.29, 0.717) is 0 Å². The summed E-state index contributed by atoms with van der Waals surface area (Å²) in [5, 5.41) is 14.4. The van der Waals surface area contributed by atoms with E-state index in [0.717, 1.165) is 35.4 Å². The molecule has 0 unspecified atom stereocenters. The third-order valence-corrected chi connectivity index (χ3v) is 4.44. The van der Waals surface area contributed by atoms with Gasteiger partial charge in [0.25, 0.3) is 0 Å². The van der Waals surface area contributed by atoms with E-state index in [1.165, 1.54) is 24.0 Å². The highest BCUT2D eigenvalue weighted by Gasteiger charge is 2.19. The molecule has 4 heteroatoms. The van der Waals surface area contributed by atoms with E-state index >= 15 is 0 Å². The van der Waals surface area contributed by atoms with Crippen molar-refractivity contribution in [1.82, 2.24) is 15.5 Å². The molecule has 0 aliphatic heterocycles. The van der Waals surface area contributed by atoms with Crippen molar-refractivity contribution < 1.29 is 0 Å². The Morgan fingerprint density at radius 3 is 2.79 bits per heavy atom. The van der Waals surface area contributed by atoms with Crippen LogP contribution in [0.2, 0.25) is 0 Å². The number of nitrogens with zero attached hydrogens (tertiary/aromatic N) is 2. The largest absolute Gasteiger partial charge is 0.314 e. The van der Waals surface area contributed by atoms with Gasteiger partial charge in [-0.2, -0.15) is 0 Å². The van der Waals surface area contributed by atoms with E-state index in [2.05, 4.69) is 46.7 Å². The van der Waals surface area contributed by atoms with Gasteiger partial charge in [-0.05, 0) is 30.9 Å². The predicted molar refractivity (Wildman–Crippen MR) is 78.6 cm³/mol. The smallest absolute Gasteiger partial charge is 0.121 e. The summed E-state index contributed by atoms with van der Waals surface area (Å²) >= 11 is 1.75. The summed E-state index contributed by atoms with van der Waals surface area (Å²) in [4.78, 5) is 0. The fourth-order valence-electron chi connectivity index (χ4n) is 2.10. The van der Waals surface area contributed by atoms with E-state index in [9.17, 15) is 0 Å². The van der Waals surface area contributed by atoms with Crippen molar-refractivity contribution in [2.45, 2.75) is 38.6 Å². The Bertz CT molecular complexity index is 546. The second kappa shape index (κ2) is 5.80. The lowest BCUT2D eigenvalue weighted by atomic mass is 10.1. The average Bonchev–Trinajstić information content (AvgIpc) is 3.12. The van der Waals surface area contributed by atoms with E-state index in [4.69, 9.17) is 0 Å². The third kappa shape index (κ3) is 3.61. The molecule has 1 fully saturated rings. The zero-order valence-electron chi connectivity index (χ0n) is 11.2. The fourth-order valence-corrected chi connectivity index (χ4v) is 2.97. The molecule has 3 rings (SSSR count). The highest BCUT2D eigenvalue weighted by molar-refractivity contribution is 7.11. The molecule has 0 spiro atoms. The predicted octanol–water partition coefficient (Wildman–Crippen LogP) is 2.73. The van der Waals surface area contributed by atoms with Crippen LogP contribution in [-0.4, -0.2) is 22.8 Å². The van der Waals surface area contributed by atoms with Gasteiger partial charge in [0.05, 0.1) is 0 Å². The van der Waals surface area contributed by atoms with E-state index < -0.39 is 0 Å². The first-order chi connectivity index (χ1) is 9.31. The van der Waals surface area contributed by atoms with Crippen LogP contribution in [0, 0.1) is 6.92 Å². The average molecular weight is 273 g/mol. The Morgan fingerprint density at radius 1 is 1.21 bits per heavy atom. The summed E-state index contributed by atoms with van der Waals surface area (Å²) in [5.74, 6) is 0. The molecule has 1 saturated carbocycles. The molecule has 0 radical (unpaired) electrons. The summed E-state index contributed by atoms with van der Waals surface area (Å²) in [7, 11) is 0. The van der Waals surface area contributed by atoms with Crippen LogP contribution < -0.4 is 5.32 Å². The summed E-state index contributed by atoms with van der Waals surface area (Å²) in [6.07, 6.45) is 4.59. The maximum absolute atomic E-state index is 4.31. The van der Waals surface area contributed by atoms with Gasteiger partial charge in [-0.25, -0.2) is 0 Å². The number of nitrogens with one attached hydrogen (secondary N) is 1. The SMILES string of the molecule is Cc1ccccc1Cc1nnc(CCNC2CC2)s1. The third-order valence-electron chi connectivity index (χ3n) is 3.46. The first-order valence-electron chi connectivity index (χ1n) is 6.90. The molecule has 1 aliphatic carbocycles. The van der Waals surface area contributed by atoms with Crippen LogP contribution in [0.3, 0.4) is 0 Å². The highest BCUT2D eigenvalue weighted by atomic mass is 32.1. The number of benzene rings is 1. The van der Waals surface area contributed by atoms with Gasteiger partial charge in [0.1, 0.15) is 10.0 Å². The number of aromatic nitrogens is 2. The molecule has 0 amide bonds. The molecule has 0 saturated heterocycles. The minimum absolute atomic E-state index is 0.777. The second-order valence-corrected chi connectivity index (χ2v) is 6.32. The summed E-state index contributed by atoms with van der Waals surface area (Å²) < 4.78 is 0. The minimum atomic E-state index is 0.777. The van der Waals surface area contributed by atoms with Crippen molar-refractivity contribution >= 4 is 11.3 Å². The van der Waals surface area contributed by atoms with Crippen LogP contribution in [0.25, 0.3) is 0 Å². The Kier molecular flexibility index (Phi) is 3.89. The maximum Gasteiger partial charge on any atom is 0.121 e. The lowest BCUT2D eigenvalue weighted by Gasteiger charge is -2.01. The molecule has 0 atom stereocenters. The van der Waals surface area contributed by atoms with Gasteiger partial charge >= 0.3 is 0 Å². The summed E-state index contributed by atoms with van der Waals surface area (Å²) in [6, 6.07) is 9.26. The summed E-state index contributed by atoms with van der Waals surface area (Å²) in [6.45, 7) is 3.18. The quantitative estimate of drug-likeness (QED) is 0.879. The normalized spacial score (nSPS) is 14.8. The minimum Gasteiger partial charge on any atom is -0.314 e. The van der Waals surface area contributed by atoms with Gasteiger partial charge in [0.15, 0.2) is 0 Å². The highest BCUT2D eigenvalue weighted by Crippen LogP contribution is 2.19. The van der Waals surface area contributed by atoms with Crippen LogP contribution in [0.1, 0.15) is 34.0 Å². The molecule has 1 aromatic heterocycles. The Labute approximate surface area is 118 Å². The van der Waals surface area contributed by atoms with Crippen molar-refractivity contribution in [1.29, 1.82) is 0 Å². The number of rotatable bonds is 6. The Hall–Kier alpha value is -1.26. The van der Waals surface area contributed by atoms with Gasteiger partial charge in [-0.1, -0.05) is 24.3 Å². The monoisotopic (exact) mass is 273 g/mol. The van der Waals surface area contributed by atoms with Crippen molar-refractivity contribution in [3.8, 4) is 0 Å². The lowest BCUT2D eigenvalue weighted by Crippen LogP contribution is -2.19. The van der Waals surface area contributed by atoms with Crippen molar-refractivity contribution in [3.63, 3.8) is 0 Å². The molecular weight excluding hydrogens is 254 g/mol. The van der Waals surface area contributed by atoms with Crippen molar-refractivity contribution in [2.75, 3.05) is 6.54 Å². The zero-order chi connectivity index (χ0) is 13.1. The Balaban J connectivity index is 1.56. The zero-order valence-corrected chi connectivity index (χ0v) is 12.0. The lowest BCUT2D eigenvalue weighted by molar-refractivity contribution is 0.677. The second-order valence-electron chi connectivity index (χ2n) is 5.17. The topological polar surface area (TPSA) is 37.8 Å². The molecule has 1 aliphatic rings. The number of hydrogen-bond acceptors (Lipinski definition) is 4. The van der Waals surface area contributed by atoms with Gasteiger partial charge in [0, 0.05) is 25.4 Å². The standard InChI is InChI=1S/C15H19N3S/c1-11-4-2-3-5-12(11)10-15-18-17-14(19-15)8-9-16-13-6-7-13/h2-5,13,16H,6-10H2,1H3. The molecule has 19 heavy (non-hydrogen) atoms. The molecule has 2 aromatic rings. The van der Waals surface area contributed by atoms with E-state index in [1.54, 1.807) is 11.3 Å². The number of aryl methyl sites for hydroxylation is 1. The number of hydrogen-bond donors (Lipinski definition) is 1. The van der Waals surface area contributed by atoms with Crippen LogP contribution >= 0.6 is 11.3 Å². The molecular formula is C15H19N3S. The van der Waals surface area contributed by atoms with Crippen LogP contribution in [0.5, 0.6) is 0 Å². The van der Waals surface area contributed by atoms with Gasteiger partial charge in [-0.15, -0.1) is 21.5 Å². The molecule has 1 heterocycles. The van der Waals surface area contributed by atoms with Gasteiger partial charge < -0.3 is 5.32 Å². The molecule has 1 N–H and O–H groups in total. The fraction of sp³-hybridized carbons (Fsp3) is 0.467. The van der Waals surface area contributed by atoms with E-state index in [1.807, 2.05) is 0 Å². The Morgan fingerprint density at radius 2 is 2.00 bits per heavy atom. The van der Waals surface area contributed by atoms with Crippen LogP contribution in [0.15, 0.2) is 24.3 Å². The maximum atomic E-state index is 4.31. The first-order valence-corrected chi connectivity index (χ1v) is 7.72. The summed E-state index contributed by atoms with van der Waals surface area (Å²) in [5.41, 5.74) is 2.68. The van der Waals surface area contributed by atoms with Crippen molar-refractivity contribution in [2.24, 2.45) is 0 Å². The van der Waals surface area contributed by atoms with E-state index in [-0.39, 0.29) is 0 Å². The van der Waals surface area contributed by atoms with Crippen LogP contribution in [-0.2, 0) is 12.8 Å². The molecule has 0 bridgehead atoms. The molecule has 3 nitrogen and oxygen atoms in total. The van der Waals surface area contributed by atoms with Gasteiger partial charge in [0.2, 0.25) is 0 Å². The van der Waals surface area contributed by atoms with Crippen LogP contribution in [0.4, 0.5) is 0 Å².